The molecule has 3 heteroatoms. The van der Waals surface area contributed by atoms with Crippen LogP contribution in [-0.4, -0.2) is 40.8 Å². The smallest absolute Gasteiger partial charge is 0.248 e. The van der Waals surface area contributed by atoms with E-state index in [1.807, 2.05) is 0 Å². The fraction of sp³-hybridized carbons (Fsp3) is 0.900. The normalized spacial score (nSPS) is 34.9. The van der Waals surface area contributed by atoms with Gasteiger partial charge in [-0.05, 0) is 34.1 Å². The Kier molecular flexibility index (Phi) is 6.27. The van der Waals surface area contributed by atoms with Gasteiger partial charge in [0.25, 0.3) is 0 Å². The molecule has 2 rings (SSSR count). The van der Waals surface area contributed by atoms with Crippen LogP contribution < -0.4 is 0 Å². The van der Waals surface area contributed by atoms with Crippen LogP contribution in [0.2, 0.25) is 11.6 Å². The predicted molar refractivity (Wildman–Crippen MR) is 104 cm³/mol. The van der Waals surface area contributed by atoms with E-state index < -0.39 is 0 Å². The molecule has 0 N–H and O–H groups in total. The van der Waals surface area contributed by atoms with E-state index >= 15 is 0 Å². The van der Waals surface area contributed by atoms with Crippen molar-refractivity contribution >= 4 is 6.71 Å². The quantitative estimate of drug-likeness (QED) is 0.459. The van der Waals surface area contributed by atoms with Gasteiger partial charge in [-0.25, -0.2) is 0 Å². The molecule has 1 fully saturated rings. The van der Waals surface area contributed by atoms with Crippen LogP contribution in [0.5, 0.6) is 0 Å². The van der Waals surface area contributed by atoms with E-state index in [2.05, 4.69) is 65.8 Å². The summed E-state index contributed by atoms with van der Waals surface area (Å²) < 4.78 is 1.18. The maximum absolute atomic E-state index is 2.71. The van der Waals surface area contributed by atoms with Crippen LogP contribution in [0.1, 0.15) is 80.6 Å². The van der Waals surface area contributed by atoms with Crippen LogP contribution in [0.3, 0.4) is 0 Å². The third-order valence-corrected chi connectivity index (χ3v) is 6.79. The molecule has 0 spiro atoms. The molecule has 2 nitrogen and oxygen atoms in total. The molecule has 0 saturated carbocycles. The SMILES string of the molecule is CCC[N+]1(C(C)C)C=CN(C(C)C)C1B1C(C)CCCC1CC. The van der Waals surface area contributed by atoms with Gasteiger partial charge in [0.2, 0.25) is 6.71 Å². The van der Waals surface area contributed by atoms with E-state index in [0.29, 0.717) is 18.1 Å². The lowest BCUT2D eigenvalue weighted by molar-refractivity contribution is -0.915. The molecule has 4 unspecified atom stereocenters. The van der Waals surface area contributed by atoms with Crippen molar-refractivity contribution in [2.45, 2.75) is 110 Å². The molecule has 132 valence electrons. The fourth-order valence-corrected chi connectivity index (χ4v) is 5.52. The maximum atomic E-state index is 2.71. The lowest BCUT2D eigenvalue weighted by Gasteiger charge is -2.51. The molecular formula is C20H40BN2+. The Labute approximate surface area is 146 Å². The Morgan fingerprint density at radius 3 is 2.39 bits per heavy atom. The zero-order valence-electron chi connectivity index (χ0n) is 16.8. The zero-order valence-corrected chi connectivity index (χ0v) is 16.8. The molecule has 0 bridgehead atoms. The molecule has 0 radical (unpaired) electrons. The molecule has 2 heterocycles. The van der Waals surface area contributed by atoms with Gasteiger partial charge in [0, 0.05) is 6.04 Å². The van der Waals surface area contributed by atoms with E-state index in [1.165, 1.54) is 43.1 Å². The monoisotopic (exact) mass is 319 g/mol. The van der Waals surface area contributed by atoms with Gasteiger partial charge < -0.3 is 4.90 Å². The van der Waals surface area contributed by atoms with Gasteiger partial charge >= 0.3 is 0 Å². The van der Waals surface area contributed by atoms with Crippen molar-refractivity contribution < 1.29 is 4.48 Å². The van der Waals surface area contributed by atoms with Crippen LogP contribution in [0.25, 0.3) is 0 Å². The molecule has 0 aromatic heterocycles. The minimum Gasteiger partial charge on any atom is -0.329 e. The summed E-state index contributed by atoms with van der Waals surface area (Å²) in [5.74, 6) is 1.76. The third kappa shape index (κ3) is 3.36. The highest BCUT2D eigenvalue weighted by molar-refractivity contribution is 6.63. The first kappa shape index (κ1) is 18.9. The second kappa shape index (κ2) is 7.63. The van der Waals surface area contributed by atoms with Crippen LogP contribution in [-0.2, 0) is 0 Å². The number of nitrogens with zero attached hydrogens (tertiary/aromatic N) is 2. The Morgan fingerprint density at radius 2 is 1.87 bits per heavy atom. The van der Waals surface area contributed by atoms with E-state index in [0.717, 1.165) is 18.3 Å². The summed E-state index contributed by atoms with van der Waals surface area (Å²) in [5, 5.41) is 0. The topological polar surface area (TPSA) is 3.24 Å². The Morgan fingerprint density at radius 1 is 1.17 bits per heavy atom. The predicted octanol–water partition coefficient (Wildman–Crippen LogP) is 5.53. The first-order valence-electron chi connectivity index (χ1n) is 10.2. The van der Waals surface area contributed by atoms with E-state index in [9.17, 15) is 0 Å². The van der Waals surface area contributed by atoms with Crippen LogP contribution >= 0.6 is 0 Å². The van der Waals surface area contributed by atoms with Crippen LogP contribution in [0, 0.1) is 0 Å². The van der Waals surface area contributed by atoms with Crippen LogP contribution in [0.4, 0.5) is 0 Å². The first-order chi connectivity index (χ1) is 10.9. The van der Waals surface area contributed by atoms with Gasteiger partial charge in [-0.2, -0.15) is 0 Å². The highest BCUT2D eigenvalue weighted by Crippen LogP contribution is 2.46. The minimum atomic E-state index is 0.596. The van der Waals surface area contributed by atoms with Gasteiger partial charge in [-0.3, -0.25) is 4.48 Å². The molecule has 0 aromatic carbocycles. The van der Waals surface area contributed by atoms with Crippen molar-refractivity contribution in [2.75, 3.05) is 6.54 Å². The molecule has 1 saturated heterocycles. The van der Waals surface area contributed by atoms with Crippen molar-refractivity contribution in [3.8, 4) is 0 Å². The molecule has 0 amide bonds. The summed E-state index contributed by atoms with van der Waals surface area (Å²) in [6.07, 6.45) is 11.9. The molecule has 0 aliphatic carbocycles. The molecule has 23 heavy (non-hydrogen) atoms. The van der Waals surface area contributed by atoms with Crippen molar-refractivity contribution in [1.29, 1.82) is 0 Å². The molecule has 2 aliphatic heterocycles. The Hall–Kier alpha value is -0.435. The fourth-order valence-electron chi connectivity index (χ4n) is 5.52. The van der Waals surface area contributed by atoms with E-state index in [4.69, 9.17) is 0 Å². The summed E-state index contributed by atoms with van der Waals surface area (Å²) in [5.41, 5.74) is 0. The zero-order chi connectivity index (χ0) is 17.2. The summed E-state index contributed by atoms with van der Waals surface area (Å²) in [4.78, 5) is 2.71. The Balaban J connectivity index is 2.45. The van der Waals surface area contributed by atoms with Crippen molar-refractivity contribution in [3.63, 3.8) is 0 Å². The van der Waals surface area contributed by atoms with Gasteiger partial charge in [0.1, 0.15) is 12.3 Å². The summed E-state index contributed by atoms with van der Waals surface area (Å²) >= 11 is 0. The van der Waals surface area contributed by atoms with Gasteiger partial charge in [-0.1, -0.05) is 58.1 Å². The standard InChI is InChI=1S/C20H40BN2/c1-8-14-23(17(5)6)15-13-22(16(3)4)20(23)21-18(7)11-10-12-19(21)9-2/h13,15-20H,8-12,14H2,1-7H3/q+1. The largest absolute Gasteiger partial charge is 0.329 e. The second-order valence-electron chi connectivity index (χ2n) is 8.72. The minimum absolute atomic E-state index is 0.596. The third-order valence-electron chi connectivity index (χ3n) is 6.79. The van der Waals surface area contributed by atoms with E-state index in [-0.39, 0.29) is 0 Å². The van der Waals surface area contributed by atoms with Crippen molar-refractivity contribution in [2.24, 2.45) is 0 Å². The second-order valence-corrected chi connectivity index (χ2v) is 8.72. The number of hydrogen-bond acceptors (Lipinski definition) is 1. The van der Waals surface area contributed by atoms with Gasteiger partial charge in [0.15, 0.2) is 0 Å². The summed E-state index contributed by atoms with van der Waals surface area (Å²) in [7, 11) is 0. The van der Waals surface area contributed by atoms with Crippen LogP contribution in [0.15, 0.2) is 12.4 Å². The molecule has 0 aromatic rings. The molecular weight excluding hydrogens is 279 g/mol. The van der Waals surface area contributed by atoms with E-state index in [1.54, 1.807) is 0 Å². The van der Waals surface area contributed by atoms with Crippen molar-refractivity contribution in [3.05, 3.63) is 12.4 Å². The van der Waals surface area contributed by atoms with Gasteiger partial charge in [0.05, 0.1) is 18.8 Å². The number of hydrogen-bond donors (Lipinski definition) is 0. The summed E-state index contributed by atoms with van der Waals surface area (Å²) in [6.45, 7) is 19.0. The average molecular weight is 319 g/mol. The Bertz CT molecular complexity index is 406. The highest BCUT2D eigenvalue weighted by Gasteiger charge is 2.55. The lowest BCUT2D eigenvalue weighted by atomic mass is 9.27. The number of quaternary nitrogens is 1. The molecule has 2 aliphatic rings. The lowest BCUT2D eigenvalue weighted by Crippen LogP contribution is -2.67. The van der Waals surface area contributed by atoms with Gasteiger partial charge in [-0.15, -0.1) is 0 Å². The average Bonchev–Trinajstić information content (AvgIpc) is 2.88. The number of rotatable bonds is 6. The molecule has 4 atom stereocenters. The highest BCUT2D eigenvalue weighted by atomic mass is 15.5. The first-order valence-corrected chi connectivity index (χ1v) is 10.2. The maximum Gasteiger partial charge on any atom is 0.248 e. The summed E-state index contributed by atoms with van der Waals surface area (Å²) in [6, 6.07) is 1.90. The van der Waals surface area contributed by atoms with Crippen molar-refractivity contribution in [1.82, 2.24) is 4.90 Å².